The first-order valence-electron chi connectivity index (χ1n) is 10.3. The van der Waals surface area contributed by atoms with Gasteiger partial charge in [0.05, 0.1) is 30.0 Å². The first kappa shape index (κ1) is 24.4. The van der Waals surface area contributed by atoms with Crippen molar-refractivity contribution in [2.75, 3.05) is 13.7 Å². The van der Waals surface area contributed by atoms with Crippen LogP contribution in [0.2, 0.25) is 10.0 Å². The molecule has 3 rings (SSSR count). The lowest BCUT2D eigenvalue weighted by Gasteiger charge is -2.11. The fraction of sp³-hybridized carbons (Fsp3) is 0.200. The molecule has 0 fully saturated rings. The van der Waals surface area contributed by atoms with Gasteiger partial charge in [0.15, 0.2) is 11.5 Å². The van der Waals surface area contributed by atoms with Crippen LogP contribution < -0.4 is 19.6 Å². The minimum atomic E-state index is -0.318. The molecule has 0 saturated carbocycles. The second-order valence-corrected chi connectivity index (χ2v) is 7.83. The molecule has 0 aromatic heterocycles. The van der Waals surface area contributed by atoms with Crippen LogP contribution in [0.15, 0.2) is 65.8 Å². The predicted octanol–water partition coefficient (Wildman–Crippen LogP) is 6.13. The summed E-state index contributed by atoms with van der Waals surface area (Å²) in [6.45, 7) is 2.98. The van der Waals surface area contributed by atoms with Crippen molar-refractivity contribution in [2.45, 2.75) is 20.0 Å². The highest BCUT2D eigenvalue weighted by atomic mass is 35.5. The maximum atomic E-state index is 12.3. The fourth-order valence-electron chi connectivity index (χ4n) is 2.83. The molecule has 6 nitrogen and oxygen atoms in total. The topological polar surface area (TPSA) is 69.2 Å². The number of hydrogen-bond acceptors (Lipinski definition) is 5. The summed E-state index contributed by atoms with van der Waals surface area (Å²) in [5, 5.41) is 4.99. The predicted molar refractivity (Wildman–Crippen MR) is 131 cm³/mol. The Bertz CT molecular complexity index is 1120. The maximum absolute atomic E-state index is 12.3. The minimum absolute atomic E-state index is 0.305. The average Bonchev–Trinajstić information content (AvgIpc) is 2.84. The third-order valence-corrected chi connectivity index (χ3v) is 5.27. The van der Waals surface area contributed by atoms with Crippen molar-refractivity contribution in [2.24, 2.45) is 5.10 Å². The van der Waals surface area contributed by atoms with Gasteiger partial charge in [0.2, 0.25) is 0 Å². The number of rotatable bonds is 10. The van der Waals surface area contributed by atoms with Crippen molar-refractivity contribution in [1.82, 2.24) is 5.43 Å². The Labute approximate surface area is 203 Å². The van der Waals surface area contributed by atoms with Gasteiger partial charge in [0, 0.05) is 5.56 Å². The molecule has 172 valence electrons. The summed E-state index contributed by atoms with van der Waals surface area (Å²) < 4.78 is 16.8. The van der Waals surface area contributed by atoms with Crippen molar-refractivity contribution in [3.63, 3.8) is 0 Å². The van der Waals surface area contributed by atoms with E-state index < -0.39 is 0 Å². The lowest BCUT2D eigenvalue weighted by atomic mass is 10.2. The van der Waals surface area contributed by atoms with Crippen LogP contribution in [0.1, 0.15) is 34.8 Å². The van der Waals surface area contributed by atoms with Gasteiger partial charge < -0.3 is 14.2 Å². The molecular formula is C25H24Cl2N2O4. The summed E-state index contributed by atoms with van der Waals surface area (Å²) in [7, 11) is 1.55. The number of carbonyl (C=O) groups is 1. The van der Waals surface area contributed by atoms with E-state index in [1.807, 2.05) is 19.1 Å². The monoisotopic (exact) mass is 486 g/mol. The summed E-state index contributed by atoms with van der Waals surface area (Å²) >= 11 is 12.0. The zero-order valence-corrected chi connectivity index (χ0v) is 19.8. The normalized spacial score (nSPS) is 10.8. The number of hydrogen-bond donors (Lipinski definition) is 1. The first-order valence-corrected chi connectivity index (χ1v) is 11.1. The van der Waals surface area contributed by atoms with Crippen molar-refractivity contribution in [1.29, 1.82) is 0 Å². The van der Waals surface area contributed by atoms with Gasteiger partial charge in [0.25, 0.3) is 5.91 Å². The number of ether oxygens (including phenoxy) is 3. The van der Waals surface area contributed by atoms with Gasteiger partial charge in [0.1, 0.15) is 12.4 Å². The van der Waals surface area contributed by atoms with Crippen LogP contribution in [-0.2, 0) is 6.61 Å². The minimum Gasteiger partial charge on any atom is -0.494 e. The van der Waals surface area contributed by atoms with Gasteiger partial charge in [-0.1, -0.05) is 36.2 Å². The molecule has 0 aliphatic carbocycles. The number of hydrazone groups is 1. The molecule has 0 unspecified atom stereocenters. The Kier molecular flexibility index (Phi) is 8.98. The van der Waals surface area contributed by atoms with Gasteiger partial charge >= 0.3 is 0 Å². The van der Waals surface area contributed by atoms with Gasteiger partial charge in [-0.2, -0.15) is 5.10 Å². The number of nitrogens with zero attached hydrogens (tertiary/aromatic N) is 1. The highest BCUT2D eigenvalue weighted by Crippen LogP contribution is 2.29. The van der Waals surface area contributed by atoms with E-state index in [-0.39, 0.29) is 5.91 Å². The zero-order valence-electron chi connectivity index (χ0n) is 18.3. The molecule has 3 aromatic carbocycles. The largest absolute Gasteiger partial charge is 0.494 e. The fourth-order valence-corrected chi connectivity index (χ4v) is 3.15. The van der Waals surface area contributed by atoms with E-state index in [1.165, 1.54) is 6.21 Å². The maximum Gasteiger partial charge on any atom is 0.271 e. The van der Waals surface area contributed by atoms with E-state index in [0.717, 1.165) is 23.3 Å². The molecule has 0 bridgehead atoms. The SMILES string of the molecule is CCCOc1ccc(C(=O)N/N=C/c2ccc(OCc3ccc(Cl)c(Cl)c3)c(OC)c2)cc1. The molecule has 1 amide bonds. The number of methoxy groups -OCH3 is 1. The molecular weight excluding hydrogens is 463 g/mol. The van der Waals surface area contributed by atoms with Crippen LogP contribution in [0.25, 0.3) is 0 Å². The number of carbonyl (C=O) groups excluding carboxylic acids is 1. The van der Waals surface area contributed by atoms with Gasteiger partial charge in [-0.3, -0.25) is 4.79 Å². The smallest absolute Gasteiger partial charge is 0.271 e. The van der Waals surface area contributed by atoms with Crippen molar-refractivity contribution >= 4 is 35.3 Å². The van der Waals surface area contributed by atoms with Crippen LogP contribution in [-0.4, -0.2) is 25.8 Å². The standard InChI is InChI=1S/C25H24Cl2N2O4/c1-3-12-32-20-8-6-19(7-9-20)25(30)29-28-15-17-5-11-23(24(14-17)31-2)33-16-18-4-10-21(26)22(27)13-18/h4-11,13-15H,3,12,16H2,1-2H3,(H,29,30)/b28-15+. The highest BCUT2D eigenvalue weighted by molar-refractivity contribution is 6.42. The van der Waals surface area contributed by atoms with Crippen LogP contribution in [0.5, 0.6) is 17.2 Å². The number of benzene rings is 3. The molecule has 3 aromatic rings. The Morgan fingerprint density at radius 2 is 1.76 bits per heavy atom. The molecule has 0 aliphatic rings. The second kappa shape index (κ2) is 12.1. The van der Waals surface area contributed by atoms with E-state index in [4.69, 9.17) is 37.4 Å². The summed E-state index contributed by atoms with van der Waals surface area (Å²) in [5.41, 5.74) is 4.61. The third-order valence-electron chi connectivity index (χ3n) is 4.54. The first-order chi connectivity index (χ1) is 16.0. The average molecular weight is 487 g/mol. The Balaban J connectivity index is 1.58. The quantitative estimate of drug-likeness (QED) is 0.276. The molecule has 0 atom stereocenters. The number of amides is 1. The summed E-state index contributed by atoms with van der Waals surface area (Å²) in [6, 6.07) is 17.6. The second-order valence-electron chi connectivity index (χ2n) is 7.02. The van der Waals surface area contributed by atoms with Crippen LogP contribution in [0.4, 0.5) is 0 Å². The lowest BCUT2D eigenvalue weighted by Crippen LogP contribution is -2.17. The molecule has 8 heteroatoms. The van der Waals surface area contributed by atoms with Crippen LogP contribution in [0, 0.1) is 0 Å². The highest BCUT2D eigenvalue weighted by Gasteiger charge is 2.08. The van der Waals surface area contributed by atoms with E-state index in [0.29, 0.717) is 40.3 Å². The number of nitrogens with one attached hydrogen (secondary N) is 1. The van der Waals surface area contributed by atoms with E-state index in [2.05, 4.69) is 10.5 Å². The molecule has 0 heterocycles. The molecule has 33 heavy (non-hydrogen) atoms. The van der Waals surface area contributed by atoms with Crippen LogP contribution in [0.3, 0.4) is 0 Å². The number of halogens is 2. The summed E-state index contributed by atoms with van der Waals surface area (Å²) in [5.74, 6) is 1.51. The Morgan fingerprint density at radius 3 is 2.45 bits per heavy atom. The van der Waals surface area contributed by atoms with E-state index >= 15 is 0 Å². The van der Waals surface area contributed by atoms with Crippen molar-refractivity contribution in [3.05, 3.63) is 87.4 Å². The lowest BCUT2D eigenvalue weighted by molar-refractivity contribution is 0.0955. The third kappa shape index (κ3) is 7.14. The van der Waals surface area contributed by atoms with E-state index in [9.17, 15) is 4.79 Å². The molecule has 0 spiro atoms. The molecule has 0 saturated heterocycles. The summed E-state index contributed by atoms with van der Waals surface area (Å²) in [4.78, 5) is 12.3. The zero-order chi connectivity index (χ0) is 23.6. The van der Waals surface area contributed by atoms with Crippen molar-refractivity contribution in [3.8, 4) is 17.2 Å². The molecule has 0 radical (unpaired) electrons. The summed E-state index contributed by atoms with van der Waals surface area (Å²) in [6.07, 6.45) is 2.45. The Morgan fingerprint density at radius 1 is 0.970 bits per heavy atom. The van der Waals surface area contributed by atoms with Gasteiger partial charge in [-0.15, -0.1) is 0 Å². The van der Waals surface area contributed by atoms with Gasteiger partial charge in [-0.05, 0) is 72.1 Å². The van der Waals surface area contributed by atoms with Crippen molar-refractivity contribution < 1.29 is 19.0 Å². The Hall–Kier alpha value is -3.22. The molecule has 1 N–H and O–H groups in total. The van der Waals surface area contributed by atoms with Crippen LogP contribution >= 0.6 is 23.2 Å². The molecule has 0 aliphatic heterocycles. The van der Waals surface area contributed by atoms with Gasteiger partial charge in [-0.25, -0.2) is 5.43 Å². The van der Waals surface area contributed by atoms with E-state index in [1.54, 1.807) is 55.6 Å².